The van der Waals surface area contributed by atoms with Crippen LogP contribution < -0.4 is 8.37 Å². The van der Waals surface area contributed by atoms with Crippen LogP contribution in [0.25, 0.3) is 32.7 Å². The van der Waals surface area contributed by atoms with Gasteiger partial charge in [-0.25, -0.2) is 0 Å². The highest BCUT2D eigenvalue weighted by Crippen LogP contribution is 2.47. The van der Waals surface area contributed by atoms with Crippen LogP contribution in [0, 0.1) is 0 Å². The molecule has 0 saturated carbocycles. The molecule has 3 nitrogen and oxygen atoms in total. The number of rotatable bonds is 0. The van der Waals surface area contributed by atoms with Gasteiger partial charge in [-0.2, -0.15) is 4.21 Å². The fraction of sp³-hybridized carbons (Fsp3) is 0.0909. The Bertz CT molecular complexity index is 1050. The van der Waals surface area contributed by atoms with Crippen molar-refractivity contribution in [3.8, 4) is 22.6 Å². The monoisotopic (exact) mass is 362 g/mol. The van der Waals surface area contributed by atoms with Crippen LogP contribution in [0.15, 0.2) is 72.8 Å². The van der Waals surface area contributed by atoms with Crippen molar-refractivity contribution in [1.29, 1.82) is 0 Å². The van der Waals surface area contributed by atoms with Crippen molar-refractivity contribution in [1.82, 2.24) is 0 Å². The van der Waals surface area contributed by atoms with Gasteiger partial charge in [-0.1, -0.05) is 74.5 Å². The molecule has 1 heterocycles. The predicted molar refractivity (Wildman–Crippen MR) is 108 cm³/mol. The summed E-state index contributed by atoms with van der Waals surface area (Å²) in [6, 6.07) is 23.9. The van der Waals surface area contributed by atoms with Crippen molar-refractivity contribution in [2.75, 3.05) is 0 Å². The van der Waals surface area contributed by atoms with Crippen LogP contribution in [0.1, 0.15) is 13.8 Å². The van der Waals surface area contributed by atoms with E-state index in [-0.39, 0.29) is 0 Å². The predicted octanol–water partition coefficient (Wildman–Crippen LogP) is 6.04. The maximum Gasteiger partial charge on any atom is 0.417 e. The first-order valence-electron chi connectivity index (χ1n) is 8.63. The molecule has 0 amide bonds. The lowest BCUT2D eigenvalue weighted by atomic mass is 9.92. The summed E-state index contributed by atoms with van der Waals surface area (Å²) in [6.07, 6.45) is 0. The molecule has 26 heavy (non-hydrogen) atoms. The number of benzene rings is 4. The SMILES string of the molecule is CC.O=S1Oc2ccc3ccccc3c2-c2c(ccc3ccccc23)O1. The molecule has 4 aromatic carbocycles. The molecule has 0 atom stereocenters. The number of hydrogen-bond acceptors (Lipinski definition) is 3. The normalized spacial score (nSPS) is 12.8. The maximum absolute atomic E-state index is 12.1. The summed E-state index contributed by atoms with van der Waals surface area (Å²) < 4.78 is 23.2. The first-order chi connectivity index (χ1) is 12.8. The van der Waals surface area contributed by atoms with Crippen LogP contribution in [0.3, 0.4) is 0 Å². The van der Waals surface area contributed by atoms with Crippen LogP contribution in [0.2, 0.25) is 0 Å². The minimum Gasteiger partial charge on any atom is -0.370 e. The van der Waals surface area contributed by atoms with E-state index in [2.05, 4.69) is 24.3 Å². The highest BCUT2D eigenvalue weighted by molar-refractivity contribution is 7.76. The van der Waals surface area contributed by atoms with Crippen molar-refractivity contribution in [3.05, 3.63) is 72.8 Å². The molecule has 130 valence electrons. The number of hydrogen-bond donors (Lipinski definition) is 0. The zero-order valence-electron chi connectivity index (χ0n) is 14.6. The van der Waals surface area contributed by atoms with E-state index in [1.165, 1.54) is 0 Å². The van der Waals surface area contributed by atoms with E-state index in [0.29, 0.717) is 11.5 Å². The largest absolute Gasteiger partial charge is 0.417 e. The number of fused-ring (bicyclic) bond motifs is 7. The second-order valence-electron chi connectivity index (χ2n) is 5.69. The van der Waals surface area contributed by atoms with Crippen molar-refractivity contribution >= 4 is 32.9 Å². The Morgan fingerprint density at radius 1 is 0.615 bits per heavy atom. The molecule has 0 bridgehead atoms. The Kier molecular flexibility index (Phi) is 4.35. The third-order valence-electron chi connectivity index (χ3n) is 4.35. The second-order valence-corrected chi connectivity index (χ2v) is 6.43. The average Bonchev–Trinajstić information content (AvgIpc) is 2.85. The van der Waals surface area contributed by atoms with Gasteiger partial charge in [0.15, 0.2) is 11.5 Å². The van der Waals surface area contributed by atoms with Gasteiger partial charge in [0.05, 0.1) is 0 Å². The van der Waals surface area contributed by atoms with Crippen LogP contribution in [-0.2, 0) is 11.4 Å². The second kappa shape index (κ2) is 6.81. The van der Waals surface area contributed by atoms with Gasteiger partial charge >= 0.3 is 11.4 Å². The Morgan fingerprint density at radius 2 is 1.04 bits per heavy atom. The standard InChI is InChI=1S/C20H12O3S.C2H6/c21-24-22-17-11-9-13-5-1-3-7-15(13)19(17)20-16-8-4-2-6-14(16)10-12-18(20)23-24;1-2/h1-12H;1-2H3. The van der Waals surface area contributed by atoms with Gasteiger partial charge in [0, 0.05) is 11.1 Å². The van der Waals surface area contributed by atoms with Crippen molar-refractivity contribution in [2.45, 2.75) is 13.8 Å². The van der Waals surface area contributed by atoms with Gasteiger partial charge in [0.2, 0.25) is 0 Å². The summed E-state index contributed by atoms with van der Waals surface area (Å²) in [7, 11) is 0. The van der Waals surface area contributed by atoms with E-state index in [1.807, 2.05) is 62.4 Å². The van der Waals surface area contributed by atoms with Gasteiger partial charge in [-0.05, 0) is 33.7 Å². The van der Waals surface area contributed by atoms with E-state index in [1.54, 1.807) is 0 Å². The van der Waals surface area contributed by atoms with Crippen molar-refractivity contribution in [2.24, 2.45) is 0 Å². The van der Waals surface area contributed by atoms with E-state index < -0.39 is 11.4 Å². The molecule has 0 aromatic heterocycles. The summed E-state index contributed by atoms with van der Waals surface area (Å²) in [5.41, 5.74) is 1.84. The fourth-order valence-corrected chi connectivity index (χ4v) is 3.93. The molecule has 0 saturated heterocycles. The van der Waals surface area contributed by atoms with Gasteiger partial charge < -0.3 is 8.37 Å². The van der Waals surface area contributed by atoms with Gasteiger partial charge in [0.25, 0.3) is 0 Å². The van der Waals surface area contributed by atoms with Gasteiger partial charge in [0.1, 0.15) is 0 Å². The highest BCUT2D eigenvalue weighted by atomic mass is 32.2. The molecule has 4 heteroatoms. The Labute approximate surface area is 155 Å². The molecule has 1 aliphatic heterocycles. The Hall–Kier alpha value is -2.85. The topological polar surface area (TPSA) is 35.5 Å². The molecule has 0 fully saturated rings. The van der Waals surface area contributed by atoms with Crippen LogP contribution in [-0.4, -0.2) is 4.21 Å². The molecule has 1 aliphatic rings. The Morgan fingerprint density at radius 3 is 1.50 bits per heavy atom. The minimum absolute atomic E-state index is 0.571. The molecule has 5 rings (SSSR count). The maximum atomic E-state index is 12.1. The summed E-state index contributed by atoms with van der Waals surface area (Å²) in [6.45, 7) is 4.00. The van der Waals surface area contributed by atoms with E-state index in [4.69, 9.17) is 8.37 Å². The Balaban J connectivity index is 0.000000814. The highest BCUT2D eigenvalue weighted by Gasteiger charge is 2.25. The summed E-state index contributed by atoms with van der Waals surface area (Å²) in [5, 5.41) is 4.31. The van der Waals surface area contributed by atoms with E-state index in [9.17, 15) is 4.21 Å². The molecule has 0 radical (unpaired) electrons. The van der Waals surface area contributed by atoms with Crippen LogP contribution >= 0.6 is 0 Å². The molecule has 0 unspecified atom stereocenters. The zero-order chi connectivity index (χ0) is 18.1. The third-order valence-corrected chi connectivity index (χ3v) is 4.98. The lowest BCUT2D eigenvalue weighted by Crippen LogP contribution is -2.06. The van der Waals surface area contributed by atoms with Gasteiger partial charge in [-0.15, -0.1) is 0 Å². The lowest BCUT2D eigenvalue weighted by molar-refractivity contribution is 0.469. The molecular weight excluding hydrogens is 344 g/mol. The first kappa shape index (κ1) is 16.6. The molecule has 0 aliphatic carbocycles. The summed E-state index contributed by atoms with van der Waals surface area (Å²) in [5.74, 6) is 1.14. The van der Waals surface area contributed by atoms with Crippen LogP contribution in [0.4, 0.5) is 0 Å². The summed E-state index contributed by atoms with van der Waals surface area (Å²) >= 11 is -1.87. The molecular formula is C22H18O3S. The quantitative estimate of drug-likeness (QED) is 0.383. The smallest absolute Gasteiger partial charge is 0.370 e. The molecule has 0 N–H and O–H groups in total. The van der Waals surface area contributed by atoms with E-state index in [0.717, 1.165) is 32.7 Å². The minimum atomic E-state index is -1.87. The molecule has 0 spiro atoms. The van der Waals surface area contributed by atoms with Gasteiger partial charge in [-0.3, -0.25) is 0 Å². The third kappa shape index (κ3) is 2.63. The summed E-state index contributed by atoms with van der Waals surface area (Å²) in [4.78, 5) is 0. The van der Waals surface area contributed by atoms with E-state index >= 15 is 0 Å². The van der Waals surface area contributed by atoms with Crippen molar-refractivity contribution < 1.29 is 12.6 Å². The molecule has 4 aromatic rings. The lowest BCUT2D eigenvalue weighted by Gasteiger charge is -2.12. The zero-order valence-corrected chi connectivity index (χ0v) is 15.4. The first-order valence-corrected chi connectivity index (χ1v) is 9.63. The van der Waals surface area contributed by atoms with Crippen molar-refractivity contribution in [3.63, 3.8) is 0 Å². The van der Waals surface area contributed by atoms with Crippen LogP contribution in [0.5, 0.6) is 11.5 Å². The fourth-order valence-electron chi connectivity index (χ4n) is 3.32. The average molecular weight is 362 g/mol.